The first-order valence-electron chi connectivity index (χ1n) is 12.8. The van der Waals surface area contributed by atoms with Crippen LogP contribution in [0.3, 0.4) is 0 Å². The highest BCUT2D eigenvalue weighted by Crippen LogP contribution is 2.32. The van der Waals surface area contributed by atoms with E-state index < -0.39 is 6.09 Å². The summed E-state index contributed by atoms with van der Waals surface area (Å²) < 4.78 is 0. The highest BCUT2D eigenvalue weighted by Gasteiger charge is 2.27. The maximum absolute atomic E-state index is 12.8. The van der Waals surface area contributed by atoms with Gasteiger partial charge in [0.1, 0.15) is 0 Å². The Kier molecular flexibility index (Phi) is 8.87. The minimum absolute atomic E-state index is 0.0322. The molecular weight excluding hydrogens is 466 g/mol. The van der Waals surface area contributed by atoms with Crippen LogP contribution in [-0.4, -0.2) is 76.1 Å². The Morgan fingerprint density at radius 2 is 1.70 bits per heavy atom. The number of hydrogen-bond donors (Lipinski definition) is 2. The molecule has 1 aromatic heterocycles. The average molecular weight is 502 g/mol. The first kappa shape index (κ1) is 26.3. The van der Waals surface area contributed by atoms with Crippen LogP contribution in [0.1, 0.15) is 46.9 Å². The lowest BCUT2D eigenvalue weighted by Gasteiger charge is -2.40. The molecule has 0 unspecified atom stereocenters. The van der Waals surface area contributed by atoms with Crippen molar-refractivity contribution in [2.45, 2.75) is 26.4 Å². The number of amides is 2. The summed E-state index contributed by atoms with van der Waals surface area (Å²) in [6, 6.07) is 19.4. The maximum atomic E-state index is 12.8. The van der Waals surface area contributed by atoms with Gasteiger partial charge in [0.05, 0.1) is 6.04 Å². The molecule has 1 aliphatic heterocycles. The van der Waals surface area contributed by atoms with Crippen LogP contribution < -0.4 is 5.32 Å². The largest absolute Gasteiger partial charge is 0.465 e. The molecule has 1 saturated heterocycles. The van der Waals surface area contributed by atoms with Crippen molar-refractivity contribution in [2.75, 3.05) is 44.6 Å². The lowest BCUT2D eigenvalue weighted by molar-refractivity contribution is 0.0772. The van der Waals surface area contributed by atoms with Crippen LogP contribution in [0.5, 0.6) is 0 Å². The van der Waals surface area contributed by atoms with Crippen molar-refractivity contribution in [1.29, 1.82) is 0 Å². The van der Waals surface area contributed by atoms with E-state index in [2.05, 4.69) is 26.2 Å². The zero-order valence-electron chi connectivity index (χ0n) is 21.5. The predicted octanol–water partition coefficient (Wildman–Crippen LogP) is 4.56. The van der Waals surface area contributed by atoms with Gasteiger partial charge in [-0.25, -0.2) is 4.79 Å². The number of rotatable bonds is 9. The van der Waals surface area contributed by atoms with E-state index in [9.17, 15) is 14.7 Å². The van der Waals surface area contributed by atoms with Crippen molar-refractivity contribution in [3.63, 3.8) is 0 Å². The van der Waals surface area contributed by atoms with E-state index in [0.29, 0.717) is 24.3 Å². The third-order valence-corrected chi connectivity index (χ3v) is 6.88. The smallest absolute Gasteiger partial charge is 0.409 e. The molecule has 2 aromatic carbocycles. The van der Waals surface area contributed by atoms with Gasteiger partial charge < -0.3 is 10.0 Å². The summed E-state index contributed by atoms with van der Waals surface area (Å²) in [4.78, 5) is 35.0. The highest BCUT2D eigenvalue weighted by atomic mass is 16.4. The van der Waals surface area contributed by atoms with Gasteiger partial charge in [-0.05, 0) is 60.9 Å². The molecule has 0 aliphatic carbocycles. The number of nitrogens with one attached hydrogen (secondary N) is 1. The normalized spacial score (nSPS) is 15.2. The Labute approximate surface area is 218 Å². The van der Waals surface area contributed by atoms with Gasteiger partial charge in [-0.15, -0.1) is 0 Å². The monoisotopic (exact) mass is 501 g/mol. The molecule has 0 spiro atoms. The van der Waals surface area contributed by atoms with Crippen molar-refractivity contribution < 1.29 is 14.7 Å². The van der Waals surface area contributed by atoms with E-state index in [0.717, 1.165) is 43.9 Å². The van der Waals surface area contributed by atoms with Crippen LogP contribution in [0.2, 0.25) is 0 Å². The van der Waals surface area contributed by atoms with E-state index in [1.165, 1.54) is 5.56 Å². The Hall–Kier alpha value is -3.75. The zero-order valence-corrected chi connectivity index (χ0v) is 21.5. The summed E-state index contributed by atoms with van der Waals surface area (Å²) in [6.07, 6.45) is 2.62. The number of carbonyl (C=O) groups is 2. The Balaban J connectivity index is 1.57. The van der Waals surface area contributed by atoms with Crippen LogP contribution in [0.15, 0.2) is 73.1 Å². The van der Waals surface area contributed by atoms with Crippen LogP contribution in [-0.2, 0) is 6.54 Å². The number of anilines is 1. The van der Waals surface area contributed by atoms with Gasteiger partial charge in [-0.3, -0.25) is 24.9 Å². The Bertz CT molecular complexity index is 1170. The molecule has 1 fully saturated rings. The number of hydrogen-bond acceptors (Lipinski definition) is 5. The van der Waals surface area contributed by atoms with Gasteiger partial charge in [0.25, 0.3) is 5.91 Å². The summed E-state index contributed by atoms with van der Waals surface area (Å²) in [6.45, 7) is 9.73. The van der Waals surface area contributed by atoms with Crippen LogP contribution in [0, 0.1) is 0 Å². The van der Waals surface area contributed by atoms with Crippen molar-refractivity contribution in [3.05, 3.63) is 95.3 Å². The predicted molar refractivity (Wildman–Crippen MR) is 145 cm³/mol. The second kappa shape index (κ2) is 12.5. The molecule has 194 valence electrons. The SMILES string of the molecule is CCN(CC)C(=O)c1ccc([C@@H](c2cccc(NC(=O)O)c2)N2CCN(Cc3cccnc3)CC2)cc1. The van der Waals surface area contributed by atoms with Gasteiger partial charge in [-0.2, -0.15) is 0 Å². The molecule has 0 radical (unpaired) electrons. The minimum Gasteiger partial charge on any atom is -0.465 e. The molecule has 37 heavy (non-hydrogen) atoms. The van der Waals surface area contributed by atoms with Crippen LogP contribution >= 0.6 is 0 Å². The lowest BCUT2D eigenvalue weighted by atomic mass is 9.94. The maximum Gasteiger partial charge on any atom is 0.409 e. The molecule has 0 saturated carbocycles. The molecule has 3 aromatic rings. The first-order chi connectivity index (χ1) is 18.0. The lowest BCUT2D eigenvalue weighted by Crippen LogP contribution is -2.47. The number of carbonyl (C=O) groups excluding carboxylic acids is 1. The van der Waals surface area contributed by atoms with Gasteiger partial charge in [0.2, 0.25) is 0 Å². The quantitative estimate of drug-likeness (QED) is 0.447. The van der Waals surface area contributed by atoms with Gasteiger partial charge >= 0.3 is 6.09 Å². The summed E-state index contributed by atoms with van der Waals surface area (Å²) in [7, 11) is 0. The molecule has 0 bridgehead atoms. The fraction of sp³-hybridized carbons (Fsp3) is 0.345. The number of piperazine rings is 1. The van der Waals surface area contributed by atoms with Crippen molar-refractivity contribution >= 4 is 17.7 Å². The molecular formula is C29H35N5O3. The van der Waals surface area contributed by atoms with Gasteiger partial charge in [-0.1, -0.05) is 30.3 Å². The molecule has 8 heteroatoms. The second-order valence-corrected chi connectivity index (χ2v) is 9.23. The molecule has 2 heterocycles. The second-order valence-electron chi connectivity index (χ2n) is 9.23. The van der Waals surface area contributed by atoms with Crippen LogP contribution in [0.25, 0.3) is 0 Å². The number of nitrogens with zero attached hydrogens (tertiary/aromatic N) is 4. The molecule has 1 atom stereocenters. The standard InChI is InChI=1S/C29H35N5O3/c1-3-33(4-2)28(35)24-12-10-23(11-13-24)27(25-8-5-9-26(19-25)31-29(36)37)34-17-15-32(16-18-34)21-22-7-6-14-30-20-22/h5-14,19-20,27,31H,3-4,15-18,21H2,1-2H3,(H,36,37)/t27-/m0/s1. The average Bonchev–Trinajstić information content (AvgIpc) is 2.91. The van der Waals surface area contributed by atoms with E-state index in [1.54, 1.807) is 12.3 Å². The number of carboxylic acid groups (broad SMARTS) is 1. The van der Waals surface area contributed by atoms with Gasteiger partial charge in [0, 0.05) is 69.5 Å². The number of aromatic nitrogens is 1. The Morgan fingerprint density at radius 1 is 0.973 bits per heavy atom. The highest BCUT2D eigenvalue weighted by molar-refractivity contribution is 5.94. The summed E-state index contributed by atoms with van der Waals surface area (Å²) in [5.74, 6) is 0.0322. The third-order valence-electron chi connectivity index (χ3n) is 6.88. The third kappa shape index (κ3) is 6.72. The fourth-order valence-corrected chi connectivity index (χ4v) is 4.95. The molecule has 1 aliphatic rings. The fourth-order valence-electron chi connectivity index (χ4n) is 4.95. The Morgan fingerprint density at radius 3 is 2.32 bits per heavy atom. The van der Waals surface area contributed by atoms with Gasteiger partial charge in [0.15, 0.2) is 0 Å². The molecule has 4 rings (SSSR count). The van der Waals surface area contributed by atoms with Crippen molar-refractivity contribution in [3.8, 4) is 0 Å². The molecule has 8 nitrogen and oxygen atoms in total. The molecule has 2 amide bonds. The van der Waals surface area contributed by atoms with E-state index >= 15 is 0 Å². The van der Waals surface area contributed by atoms with E-state index in [4.69, 9.17) is 0 Å². The molecule has 2 N–H and O–H groups in total. The number of pyridine rings is 1. The number of benzene rings is 2. The van der Waals surface area contributed by atoms with E-state index in [-0.39, 0.29) is 11.9 Å². The first-order valence-corrected chi connectivity index (χ1v) is 12.8. The minimum atomic E-state index is -1.09. The van der Waals surface area contributed by atoms with Crippen molar-refractivity contribution in [1.82, 2.24) is 19.7 Å². The van der Waals surface area contributed by atoms with Crippen molar-refractivity contribution in [2.24, 2.45) is 0 Å². The topological polar surface area (TPSA) is 89.0 Å². The summed E-state index contributed by atoms with van der Waals surface area (Å²) in [5, 5.41) is 11.7. The summed E-state index contributed by atoms with van der Waals surface area (Å²) >= 11 is 0. The summed E-state index contributed by atoms with van der Waals surface area (Å²) in [5.41, 5.74) is 4.50. The van der Waals surface area contributed by atoms with E-state index in [1.807, 2.05) is 73.5 Å². The zero-order chi connectivity index (χ0) is 26.2. The van der Waals surface area contributed by atoms with Crippen LogP contribution in [0.4, 0.5) is 10.5 Å².